The highest BCUT2D eigenvalue weighted by Crippen LogP contribution is 2.16. The normalized spacial score (nSPS) is 11.0. The number of nitrogens with one attached hydrogen (secondary N) is 2. The van der Waals surface area contributed by atoms with Gasteiger partial charge in [-0.3, -0.25) is 4.68 Å². The molecule has 0 radical (unpaired) electrons. The first kappa shape index (κ1) is 20.9. The lowest BCUT2D eigenvalue weighted by atomic mass is 10.2. The number of nitrogens with zero attached hydrogens (tertiary/aromatic N) is 3. The van der Waals surface area contributed by atoms with Gasteiger partial charge in [-0.1, -0.05) is 6.07 Å². The van der Waals surface area contributed by atoms with E-state index in [0.29, 0.717) is 11.0 Å². The van der Waals surface area contributed by atoms with E-state index in [0.717, 1.165) is 37.6 Å². The number of benzene rings is 1. The summed E-state index contributed by atoms with van der Waals surface area (Å²) < 4.78 is 15.9. The van der Waals surface area contributed by atoms with Crippen molar-refractivity contribution in [2.45, 2.75) is 26.4 Å². The van der Waals surface area contributed by atoms with Crippen LogP contribution in [0.5, 0.6) is 0 Å². The second-order valence-electron chi connectivity index (χ2n) is 4.99. The van der Waals surface area contributed by atoms with Crippen molar-refractivity contribution >= 4 is 45.9 Å². The minimum Gasteiger partial charge on any atom is -0.357 e. The second-order valence-corrected chi connectivity index (χ2v) is 5.85. The standard InChI is InChI=1S/C16H21BrFN5.HI/c1-2-19-16(20-7-3-9-23-10-4-8-22-23)21-12-13-5-6-14(17)15(18)11-13;/h4-6,8,10-11H,2-3,7,9,12H2,1H3,(H2,19,20,21);1H. The third-order valence-corrected chi connectivity index (χ3v) is 3.81. The Bertz CT molecular complexity index is 633. The van der Waals surface area contributed by atoms with Crippen LogP contribution in [0, 0.1) is 5.82 Å². The molecule has 0 fully saturated rings. The second kappa shape index (κ2) is 11.4. The van der Waals surface area contributed by atoms with Gasteiger partial charge in [-0.2, -0.15) is 5.10 Å². The topological polar surface area (TPSA) is 54.2 Å². The predicted octanol–water partition coefficient (Wildman–Crippen LogP) is 3.55. The summed E-state index contributed by atoms with van der Waals surface area (Å²) in [4.78, 5) is 4.48. The van der Waals surface area contributed by atoms with Crippen molar-refractivity contribution < 1.29 is 4.39 Å². The van der Waals surface area contributed by atoms with Gasteiger partial charge in [0.1, 0.15) is 5.82 Å². The van der Waals surface area contributed by atoms with Crippen LogP contribution in [0.15, 0.2) is 46.1 Å². The lowest BCUT2D eigenvalue weighted by Gasteiger charge is -2.11. The molecule has 0 saturated carbocycles. The van der Waals surface area contributed by atoms with E-state index < -0.39 is 0 Å². The maximum absolute atomic E-state index is 13.5. The molecule has 0 saturated heterocycles. The van der Waals surface area contributed by atoms with Crippen molar-refractivity contribution in [3.63, 3.8) is 0 Å². The molecule has 24 heavy (non-hydrogen) atoms. The fourth-order valence-electron chi connectivity index (χ4n) is 2.03. The molecule has 5 nitrogen and oxygen atoms in total. The molecule has 0 atom stereocenters. The highest BCUT2D eigenvalue weighted by Gasteiger charge is 2.01. The first-order valence-corrected chi connectivity index (χ1v) is 8.42. The van der Waals surface area contributed by atoms with E-state index in [1.165, 1.54) is 6.07 Å². The molecule has 0 amide bonds. The van der Waals surface area contributed by atoms with Gasteiger partial charge < -0.3 is 10.6 Å². The van der Waals surface area contributed by atoms with Gasteiger partial charge >= 0.3 is 0 Å². The highest BCUT2D eigenvalue weighted by atomic mass is 127. The highest BCUT2D eigenvalue weighted by molar-refractivity contribution is 14.0. The number of hydrogen-bond acceptors (Lipinski definition) is 2. The van der Waals surface area contributed by atoms with Crippen LogP contribution in [0.4, 0.5) is 4.39 Å². The smallest absolute Gasteiger partial charge is 0.191 e. The molecule has 0 aliphatic rings. The Labute approximate surface area is 167 Å². The Morgan fingerprint density at radius 3 is 2.88 bits per heavy atom. The third-order valence-electron chi connectivity index (χ3n) is 3.16. The van der Waals surface area contributed by atoms with Gasteiger partial charge in [0.25, 0.3) is 0 Å². The number of guanidine groups is 1. The minimum atomic E-state index is -0.269. The van der Waals surface area contributed by atoms with Gasteiger partial charge in [0.2, 0.25) is 0 Å². The van der Waals surface area contributed by atoms with Crippen LogP contribution in [0.3, 0.4) is 0 Å². The minimum absolute atomic E-state index is 0. The summed E-state index contributed by atoms with van der Waals surface area (Å²) in [7, 11) is 0. The SMILES string of the molecule is CCNC(=NCc1ccc(Br)c(F)c1)NCCCn1cccn1.I. The number of hydrogen-bond donors (Lipinski definition) is 2. The van der Waals surface area contributed by atoms with Crippen LogP contribution in [0.1, 0.15) is 18.9 Å². The fourth-order valence-corrected chi connectivity index (χ4v) is 2.28. The van der Waals surface area contributed by atoms with Crippen molar-refractivity contribution in [2.24, 2.45) is 4.99 Å². The van der Waals surface area contributed by atoms with Crippen LogP contribution in [0.2, 0.25) is 0 Å². The molecule has 132 valence electrons. The van der Waals surface area contributed by atoms with E-state index in [9.17, 15) is 4.39 Å². The molecule has 0 unspecified atom stereocenters. The number of aliphatic imine (C=N–C) groups is 1. The van der Waals surface area contributed by atoms with Crippen molar-refractivity contribution in [1.82, 2.24) is 20.4 Å². The Morgan fingerprint density at radius 2 is 2.21 bits per heavy atom. The summed E-state index contributed by atoms with van der Waals surface area (Å²) in [6, 6.07) is 6.97. The van der Waals surface area contributed by atoms with Crippen molar-refractivity contribution in [3.8, 4) is 0 Å². The van der Waals surface area contributed by atoms with Crippen molar-refractivity contribution in [1.29, 1.82) is 0 Å². The Kier molecular flexibility index (Phi) is 9.92. The largest absolute Gasteiger partial charge is 0.357 e. The average molecular weight is 510 g/mol. The quantitative estimate of drug-likeness (QED) is 0.260. The van der Waals surface area contributed by atoms with E-state index in [4.69, 9.17) is 0 Å². The average Bonchev–Trinajstić information content (AvgIpc) is 3.05. The summed E-state index contributed by atoms with van der Waals surface area (Å²) in [6.07, 6.45) is 4.66. The molecule has 0 bridgehead atoms. The van der Waals surface area contributed by atoms with Gasteiger partial charge in [-0.05, 0) is 53.0 Å². The molecule has 0 aliphatic heterocycles. The van der Waals surface area contributed by atoms with Gasteiger partial charge in [0.15, 0.2) is 5.96 Å². The predicted molar refractivity (Wildman–Crippen MR) is 109 cm³/mol. The van der Waals surface area contributed by atoms with Gasteiger partial charge in [-0.15, -0.1) is 24.0 Å². The molecular weight excluding hydrogens is 488 g/mol. The molecule has 8 heteroatoms. The Balaban J connectivity index is 0.00000288. The molecule has 2 rings (SSSR count). The molecule has 0 spiro atoms. The van der Waals surface area contributed by atoms with Gasteiger partial charge in [0.05, 0.1) is 11.0 Å². The van der Waals surface area contributed by atoms with Gasteiger partial charge in [-0.25, -0.2) is 9.38 Å². The lowest BCUT2D eigenvalue weighted by molar-refractivity contribution is 0.570. The Hall–Kier alpha value is -1.16. The lowest BCUT2D eigenvalue weighted by Crippen LogP contribution is -2.38. The maximum Gasteiger partial charge on any atom is 0.191 e. The number of aromatic nitrogens is 2. The molecule has 1 aromatic heterocycles. The molecule has 0 aliphatic carbocycles. The van der Waals surface area contributed by atoms with Crippen LogP contribution < -0.4 is 10.6 Å². The number of halogens is 3. The zero-order valence-electron chi connectivity index (χ0n) is 13.5. The summed E-state index contributed by atoms with van der Waals surface area (Å²) in [6.45, 7) is 4.87. The van der Waals surface area contributed by atoms with E-state index in [1.54, 1.807) is 12.3 Å². The monoisotopic (exact) mass is 509 g/mol. The van der Waals surface area contributed by atoms with Crippen LogP contribution in [-0.4, -0.2) is 28.8 Å². The zero-order valence-corrected chi connectivity index (χ0v) is 17.4. The zero-order chi connectivity index (χ0) is 16.5. The summed E-state index contributed by atoms with van der Waals surface area (Å²) in [5.74, 6) is 0.464. The van der Waals surface area contributed by atoms with E-state index in [1.807, 2.05) is 29.9 Å². The summed E-state index contributed by atoms with van der Waals surface area (Å²) >= 11 is 3.15. The first-order chi connectivity index (χ1) is 11.2. The molecule has 1 heterocycles. The van der Waals surface area contributed by atoms with Crippen LogP contribution >= 0.6 is 39.9 Å². The van der Waals surface area contributed by atoms with Crippen molar-refractivity contribution in [2.75, 3.05) is 13.1 Å². The Morgan fingerprint density at radius 1 is 1.38 bits per heavy atom. The molecular formula is C16H22BrFIN5. The maximum atomic E-state index is 13.5. The third kappa shape index (κ3) is 7.16. The molecule has 1 aromatic carbocycles. The van der Waals surface area contributed by atoms with E-state index >= 15 is 0 Å². The van der Waals surface area contributed by atoms with E-state index in [2.05, 4.69) is 36.7 Å². The first-order valence-electron chi connectivity index (χ1n) is 7.62. The van der Waals surface area contributed by atoms with Crippen LogP contribution in [-0.2, 0) is 13.1 Å². The summed E-state index contributed by atoms with van der Waals surface area (Å²) in [5, 5.41) is 10.6. The van der Waals surface area contributed by atoms with Crippen LogP contribution in [0.25, 0.3) is 0 Å². The van der Waals surface area contributed by atoms with Gasteiger partial charge in [0, 0.05) is 32.0 Å². The number of aryl methyl sites for hydroxylation is 1. The molecule has 2 aromatic rings. The number of rotatable bonds is 7. The fraction of sp³-hybridized carbons (Fsp3) is 0.375. The van der Waals surface area contributed by atoms with Crippen molar-refractivity contribution in [3.05, 3.63) is 52.5 Å². The summed E-state index contributed by atoms with van der Waals surface area (Å²) in [5.41, 5.74) is 0.833. The molecule has 2 N–H and O–H groups in total. The van der Waals surface area contributed by atoms with E-state index in [-0.39, 0.29) is 29.8 Å².